The van der Waals surface area contributed by atoms with Gasteiger partial charge in [0.1, 0.15) is 0 Å². The van der Waals surface area contributed by atoms with Gasteiger partial charge in [0.15, 0.2) is 0 Å². The zero-order chi connectivity index (χ0) is 12.8. The van der Waals surface area contributed by atoms with Crippen LogP contribution in [-0.2, 0) is 14.8 Å². The van der Waals surface area contributed by atoms with Crippen molar-refractivity contribution in [3.8, 4) is 0 Å². The smallest absolute Gasteiger partial charge is 0.213 e. The second-order valence-electron chi connectivity index (χ2n) is 5.33. The van der Waals surface area contributed by atoms with Crippen LogP contribution in [0, 0.1) is 5.92 Å². The monoisotopic (exact) mass is 276 g/mol. The Kier molecular flexibility index (Phi) is 5.41. The molecule has 0 aromatic carbocycles. The molecule has 0 aromatic rings. The van der Waals surface area contributed by atoms with E-state index in [2.05, 4.69) is 10.0 Å². The minimum atomic E-state index is -3.13. The van der Waals surface area contributed by atoms with Gasteiger partial charge >= 0.3 is 0 Å². The Bertz CT molecular complexity index is 333. The lowest BCUT2D eigenvalue weighted by Crippen LogP contribution is -2.43. The van der Waals surface area contributed by atoms with Crippen LogP contribution in [0.4, 0.5) is 0 Å². The number of sulfonamides is 1. The molecule has 2 heterocycles. The zero-order valence-electron chi connectivity index (χ0n) is 10.9. The van der Waals surface area contributed by atoms with Crippen LogP contribution in [0.2, 0.25) is 0 Å². The Morgan fingerprint density at radius 1 is 1.17 bits per heavy atom. The zero-order valence-corrected chi connectivity index (χ0v) is 11.7. The molecule has 1 atom stereocenters. The topological polar surface area (TPSA) is 67.4 Å². The summed E-state index contributed by atoms with van der Waals surface area (Å²) < 4.78 is 31.9. The van der Waals surface area contributed by atoms with Crippen molar-refractivity contribution in [3.63, 3.8) is 0 Å². The van der Waals surface area contributed by atoms with Crippen molar-refractivity contribution in [2.45, 2.75) is 38.1 Å². The highest BCUT2D eigenvalue weighted by atomic mass is 32.2. The molecular weight excluding hydrogens is 252 g/mol. The van der Waals surface area contributed by atoms with Crippen LogP contribution < -0.4 is 10.0 Å². The molecule has 0 bridgehead atoms. The molecule has 0 radical (unpaired) electrons. The second-order valence-corrected chi connectivity index (χ2v) is 7.18. The standard InChI is InChI=1S/C12H24N2O3S/c15-18(16,10-12-3-1-2-6-13-12)14-9-11-4-7-17-8-5-11/h11-14H,1-10H2. The predicted molar refractivity (Wildman–Crippen MR) is 71.0 cm³/mol. The highest BCUT2D eigenvalue weighted by molar-refractivity contribution is 7.89. The van der Waals surface area contributed by atoms with Crippen LogP contribution in [0.15, 0.2) is 0 Å². The van der Waals surface area contributed by atoms with Crippen molar-refractivity contribution in [2.75, 3.05) is 32.1 Å². The minimum Gasteiger partial charge on any atom is -0.381 e. The maximum Gasteiger partial charge on any atom is 0.213 e. The summed E-state index contributed by atoms with van der Waals surface area (Å²) in [5.74, 6) is 0.656. The summed E-state index contributed by atoms with van der Waals surface area (Å²) in [6.45, 7) is 3.03. The molecule has 1 unspecified atom stereocenters. The maximum atomic E-state index is 12.0. The number of piperidine rings is 1. The van der Waals surface area contributed by atoms with Crippen molar-refractivity contribution in [1.82, 2.24) is 10.0 Å². The van der Waals surface area contributed by atoms with Gasteiger partial charge < -0.3 is 10.1 Å². The van der Waals surface area contributed by atoms with Gasteiger partial charge in [0.2, 0.25) is 10.0 Å². The predicted octanol–water partition coefficient (Wildman–Crippen LogP) is 0.475. The summed E-state index contributed by atoms with van der Waals surface area (Å²) in [5.41, 5.74) is 0. The molecule has 2 saturated heterocycles. The molecule has 6 heteroatoms. The van der Waals surface area contributed by atoms with Gasteiger partial charge in [-0.05, 0) is 38.1 Å². The third-order valence-electron chi connectivity index (χ3n) is 3.77. The van der Waals surface area contributed by atoms with E-state index < -0.39 is 10.0 Å². The molecule has 18 heavy (non-hydrogen) atoms. The fourth-order valence-corrected chi connectivity index (χ4v) is 4.01. The van der Waals surface area contributed by atoms with Gasteiger partial charge in [-0.2, -0.15) is 0 Å². The highest BCUT2D eigenvalue weighted by Gasteiger charge is 2.22. The molecule has 5 nitrogen and oxygen atoms in total. The Labute approximate surface area is 110 Å². The molecule has 2 N–H and O–H groups in total. The van der Waals surface area contributed by atoms with Crippen LogP contribution in [-0.4, -0.2) is 46.5 Å². The van der Waals surface area contributed by atoms with E-state index in [4.69, 9.17) is 4.74 Å². The van der Waals surface area contributed by atoms with E-state index in [1.54, 1.807) is 0 Å². The van der Waals surface area contributed by atoms with E-state index in [0.717, 1.165) is 51.9 Å². The molecule has 0 spiro atoms. The molecule has 0 amide bonds. The van der Waals surface area contributed by atoms with E-state index in [1.165, 1.54) is 0 Å². The molecule has 0 aliphatic carbocycles. The second kappa shape index (κ2) is 6.84. The quantitative estimate of drug-likeness (QED) is 0.766. The van der Waals surface area contributed by atoms with Gasteiger partial charge in [0, 0.05) is 25.8 Å². The Morgan fingerprint density at radius 2 is 1.94 bits per heavy atom. The van der Waals surface area contributed by atoms with Crippen molar-refractivity contribution in [2.24, 2.45) is 5.92 Å². The van der Waals surface area contributed by atoms with Gasteiger partial charge in [-0.25, -0.2) is 13.1 Å². The molecule has 2 aliphatic rings. The summed E-state index contributed by atoms with van der Waals surface area (Å²) in [7, 11) is -3.13. The van der Waals surface area contributed by atoms with Gasteiger partial charge in [0.05, 0.1) is 5.75 Å². The third-order valence-corrected chi connectivity index (χ3v) is 5.21. The lowest BCUT2D eigenvalue weighted by Gasteiger charge is -2.25. The molecular formula is C12H24N2O3S. The lowest BCUT2D eigenvalue weighted by atomic mass is 10.0. The van der Waals surface area contributed by atoms with E-state index >= 15 is 0 Å². The normalized spacial score (nSPS) is 27.2. The van der Waals surface area contributed by atoms with Crippen LogP contribution in [0.5, 0.6) is 0 Å². The molecule has 0 saturated carbocycles. The summed E-state index contributed by atoms with van der Waals surface area (Å²) in [6, 6.07) is 0.130. The summed E-state index contributed by atoms with van der Waals surface area (Å²) in [4.78, 5) is 0. The van der Waals surface area contributed by atoms with E-state index in [0.29, 0.717) is 12.5 Å². The van der Waals surface area contributed by atoms with Crippen LogP contribution in [0.25, 0.3) is 0 Å². The van der Waals surface area contributed by atoms with E-state index in [1.807, 2.05) is 0 Å². The van der Waals surface area contributed by atoms with Gasteiger partial charge in [-0.1, -0.05) is 6.42 Å². The van der Waals surface area contributed by atoms with Gasteiger partial charge in [-0.15, -0.1) is 0 Å². The average molecular weight is 276 g/mol. The van der Waals surface area contributed by atoms with Crippen molar-refractivity contribution < 1.29 is 13.2 Å². The average Bonchev–Trinajstić information content (AvgIpc) is 2.38. The third kappa shape index (κ3) is 4.84. The number of ether oxygens (including phenoxy) is 1. The first-order valence-electron chi connectivity index (χ1n) is 6.94. The largest absolute Gasteiger partial charge is 0.381 e. The Hall–Kier alpha value is -0.170. The Balaban J connectivity index is 1.72. The van der Waals surface area contributed by atoms with Crippen molar-refractivity contribution >= 4 is 10.0 Å². The lowest BCUT2D eigenvalue weighted by molar-refractivity contribution is 0.0678. The fraction of sp³-hybridized carbons (Fsp3) is 1.00. The molecule has 0 aromatic heterocycles. The van der Waals surface area contributed by atoms with E-state index in [-0.39, 0.29) is 11.8 Å². The highest BCUT2D eigenvalue weighted by Crippen LogP contribution is 2.14. The molecule has 2 fully saturated rings. The van der Waals surface area contributed by atoms with Crippen LogP contribution in [0.3, 0.4) is 0 Å². The van der Waals surface area contributed by atoms with Gasteiger partial charge in [-0.3, -0.25) is 0 Å². The van der Waals surface area contributed by atoms with Crippen molar-refractivity contribution in [1.29, 1.82) is 0 Å². The first-order chi connectivity index (χ1) is 8.66. The first kappa shape index (κ1) is 14.2. The number of hydrogen-bond donors (Lipinski definition) is 2. The SMILES string of the molecule is O=S(=O)(CC1CCCCN1)NCC1CCOCC1. The molecule has 2 aliphatic heterocycles. The summed E-state index contributed by atoms with van der Waals surface area (Å²) in [6.07, 6.45) is 5.19. The summed E-state index contributed by atoms with van der Waals surface area (Å²) >= 11 is 0. The van der Waals surface area contributed by atoms with Crippen LogP contribution >= 0.6 is 0 Å². The first-order valence-corrected chi connectivity index (χ1v) is 8.59. The minimum absolute atomic E-state index is 0.130. The Morgan fingerprint density at radius 3 is 2.61 bits per heavy atom. The maximum absolute atomic E-state index is 12.0. The summed E-state index contributed by atoms with van der Waals surface area (Å²) in [5, 5.41) is 3.27. The molecule has 106 valence electrons. The number of nitrogens with one attached hydrogen (secondary N) is 2. The molecule has 2 rings (SSSR count). The number of rotatable bonds is 5. The van der Waals surface area contributed by atoms with Gasteiger partial charge in [0.25, 0.3) is 0 Å². The number of hydrogen-bond acceptors (Lipinski definition) is 4. The van der Waals surface area contributed by atoms with E-state index in [9.17, 15) is 8.42 Å². The fourth-order valence-electron chi connectivity index (χ4n) is 2.59. The van der Waals surface area contributed by atoms with Crippen molar-refractivity contribution in [3.05, 3.63) is 0 Å². The van der Waals surface area contributed by atoms with Crippen LogP contribution in [0.1, 0.15) is 32.1 Å².